The van der Waals surface area contributed by atoms with Gasteiger partial charge in [-0.3, -0.25) is 0 Å². The van der Waals surface area contributed by atoms with E-state index in [0.29, 0.717) is 0 Å². The van der Waals surface area contributed by atoms with Gasteiger partial charge in [0.2, 0.25) is 0 Å². The van der Waals surface area contributed by atoms with E-state index in [1.54, 1.807) is 0 Å². The summed E-state index contributed by atoms with van der Waals surface area (Å²) in [4.78, 5) is 0. The molecule has 0 heterocycles. The highest BCUT2D eigenvalue weighted by atomic mass is 31.0. The molecule has 0 spiro atoms. The molecule has 0 rings (SSSR count). The van der Waals surface area contributed by atoms with E-state index in [2.05, 4.69) is 16.2 Å². The lowest BCUT2D eigenvalue weighted by Crippen LogP contribution is -1.73. The van der Waals surface area contributed by atoms with E-state index in [-0.39, 0.29) is 0 Å². The molecule has 0 aromatic carbocycles. The van der Waals surface area contributed by atoms with Gasteiger partial charge < -0.3 is 0 Å². The van der Waals surface area contributed by atoms with Gasteiger partial charge in [-0.2, -0.15) is 0 Å². The molecule has 0 fully saturated rings. The predicted molar refractivity (Wildman–Crippen MR) is 35.9 cm³/mol. The molecule has 42 valence electrons. The Labute approximate surface area is 48.9 Å². The van der Waals surface area contributed by atoms with Crippen LogP contribution < -0.4 is 0 Å². The highest BCUT2D eigenvalue weighted by Gasteiger charge is 1.80. The second-order valence-corrected chi connectivity index (χ2v) is 2.23. The first-order valence-corrected chi connectivity index (χ1v) is 3.66. The number of unbranched alkanes of at least 4 members (excludes halogenated alkanes) is 3. The average Bonchev–Trinajstić information content (AvgIpc) is 1.69. The maximum Gasteiger partial charge on any atom is -0.0242 e. The van der Waals surface area contributed by atoms with Crippen LogP contribution >= 0.6 is 9.24 Å². The zero-order valence-corrected chi connectivity index (χ0v) is 5.88. The Bertz CT molecular complexity index is 23.4. The van der Waals surface area contributed by atoms with Crippen LogP contribution in [0.2, 0.25) is 0 Å². The molecule has 0 aromatic heterocycles. The van der Waals surface area contributed by atoms with Crippen LogP contribution in [0, 0.1) is 0 Å². The van der Waals surface area contributed by atoms with E-state index in [4.69, 9.17) is 0 Å². The number of hydrogen-bond acceptors (Lipinski definition) is 0. The van der Waals surface area contributed by atoms with E-state index < -0.39 is 0 Å². The summed E-state index contributed by atoms with van der Waals surface area (Å²) in [6.45, 7) is 2.22. The summed E-state index contributed by atoms with van der Waals surface area (Å²) in [5.74, 6) is 0. The van der Waals surface area contributed by atoms with E-state index in [9.17, 15) is 0 Å². The van der Waals surface area contributed by atoms with Gasteiger partial charge in [0.1, 0.15) is 0 Å². The minimum Gasteiger partial charge on any atom is -0.0654 e. The fraction of sp³-hybridized carbons (Fsp3) is 1.00. The molecule has 0 unspecified atom stereocenters. The van der Waals surface area contributed by atoms with Gasteiger partial charge >= 0.3 is 0 Å². The van der Waals surface area contributed by atoms with Crippen molar-refractivity contribution in [2.24, 2.45) is 0 Å². The third-order valence-corrected chi connectivity index (χ3v) is 1.33. The maximum atomic E-state index is 4.09. The summed E-state index contributed by atoms with van der Waals surface area (Å²) in [6, 6.07) is 0. The Morgan fingerprint density at radius 2 is 1.86 bits per heavy atom. The van der Waals surface area contributed by atoms with Gasteiger partial charge in [0.15, 0.2) is 0 Å². The lowest BCUT2D eigenvalue weighted by Gasteiger charge is -1.90. The first kappa shape index (κ1) is 7.43. The van der Waals surface area contributed by atoms with Gasteiger partial charge in [0.05, 0.1) is 0 Å². The van der Waals surface area contributed by atoms with Crippen molar-refractivity contribution in [1.82, 2.24) is 0 Å². The summed E-state index contributed by atoms with van der Waals surface area (Å²) >= 11 is 0. The predicted octanol–water partition coefficient (Wildman–Crippen LogP) is 2.98. The van der Waals surface area contributed by atoms with Crippen molar-refractivity contribution < 1.29 is 0 Å². The molecule has 0 aliphatic rings. The lowest BCUT2D eigenvalue weighted by molar-refractivity contribution is 0.706. The first-order valence-electron chi connectivity index (χ1n) is 3.02. The smallest absolute Gasteiger partial charge is 0.0242 e. The molecule has 7 heavy (non-hydrogen) atoms. The van der Waals surface area contributed by atoms with Crippen molar-refractivity contribution in [2.45, 2.75) is 32.6 Å². The van der Waals surface area contributed by atoms with Crippen LogP contribution in [0.5, 0.6) is 0 Å². The standard InChI is InChI=1S/C6H13P/c1-2-3-4-5-6-7/h2-6H2,1H3. The van der Waals surface area contributed by atoms with Crippen molar-refractivity contribution in [2.75, 3.05) is 6.16 Å². The zero-order chi connectivity index (χ0) is 5.54. The quantitative estimate of drug-likeness (QED) is 0.391. The van der Waals surface area contributed by atoms with E-state index in [0.717, 1.165) is 6.16 Å². The Kier molecular flexibility index (Phi) is 6.82. The van der Waals surface area contributed by atoms with Crippen LogP contribution in [-0.4, -0.2) is 6.16 Å². The molecule has 0 atom stereocenters. The van der Waals surface area contributed by atoms with Crippen LogP contribution in [0.4, 0.5) is 0 Å². The molecule has 0 saturated heterocycles. The van der Waals surface area contributed by atoms with Crippen LogP contribution in [0.15, 0.2) is 0 Å². The van der Waals surface area contributed by atoms with Gasteiger partial charge in [0, 0.05) is 0 Å². The SMILES string of the molecule is CCCCCC[P]. The summed E-state index contributed by atoms with van der Waals surface area (Å²) in [5, 5.41) is 0. The van der Waals surface area contributed by atoms with Crippen molar-refractivity contribution in [3.8, 4) is 0 Å². The van der Waals surface area contributed by atoms with Gasteiger partial charge in [-0.1, -0.05) is 26.2 Å². The molecule has 2 radical (unpaired) electrons. The highest BCUT2D eigenvalue weighted by Crippen LogP contribution is 2.00. The van der Waals surface area contributed by atoms with Crippen LogP contribution in [0.1, 0.15) is 32.6 Å². The monoisotopic (exact) mass is 116 g/mol. The van der Waals surface area contributed by atoms with Crippen molar-refractivity contribution in [3.63, 3.8) is 0 Å². The Morgan fingerprint density at radius 1 is 1.14 bits per heavy atom. The molecule has 0 aliphatic carbocycles. The van der Waals surface area contributed by atoms with Crippen molar-refractivity contribution >= 4 is 9.24 Å². The van der Waals surface area contributed by atoms with Crippen molar-refractivity contribution in [1.29, 1.82) is 0 Å². The number of hydrogen-bond donors (Lipinski definition) is 0. The molecule has 1 heteroatoms. The second-order valence-electron chi connectivity index (χ2n) is 1.78. The highest BCUT2D eigenvalue weighted by molar-refractivity contribution is 7.16. The lowest BCUT2D eigenvalue weighted by atomic mass is 10.2. The second kappa shape index (κ2) is 6.43. The number of rotatable bonds is 4. The maximum absolute atomic E-state index is 4.09. The van der Waals surface area contributed by atoms with Gasteiger partial charge in [-0.25, -0.2) is 0 Å². The van der Waals surface area contributed by atoms with Crippen LogP contribution in [-0.2, 0) is 0 Å². The molecular formula is C6H13P. The summed E-state index contributed by atoms with van der Waals surface area (Å²) in [7, 11) is 4.09. The third kappa shape index (κ3) is 6.43. The Morgan fingerprint density at radius 3 is 2.29 bits per heavy atom. The molecule has 0 N–H and O–H groups in total. The minimum absolute atomic E-state index is 1.06. The van der Waals surface area contributed by atoms with Gasteiger partial charge in [-0.15, -0.1) is 0 Å². The van der Waals surface area contributed by atoms with Gasteiger partial charge in [-0.05, 0) is 21.8 Å². The van der Waals surface area contributed by atoms with Crippen LogP contribution in [0.25, 0.3) is 0 Å². The molecule has 0 nitrogen and oxygen atoms in total. The topological polar surface area (TPSA) is 0 Å². The average molecular weight is 116 g/mol. The van der Waals surface area contributed by atoms with Gasteiger partial charge in [0.25, 0.3) is 0 Å². The largest absolute Gasteiger partial charge is 0.0654 e. The van der Waals surface area contributed by atoms with E-state index in [1.165, 1.54) is 25.7 Å². The molecule has 0 aliphatic heterocycles. The molecule has 0 aromatic rings. The fourth-order valence-electron chi connectivity index (χ4n) is 0.539. The molecule has 0 saturated carbocycles. The normalized spacial score (nSPS) is 9.43. The fourth-order valence-corrected chi connectivity index (χ4v) is 0.762. The van der Waals surface area contributed by atoms with Crippen molar-refractivity contribution in [3.05, 3.63) is 0 Å². The summed E-state index contributed by atoms with van der Waals surface area (Å²) in [6.07, 6.45) is 6.41. The third-order valence-electron chi connectivity index (χ3n) is 1.01. The summed E-state index contributed by atoms with van der Waals surface area (Å²) in [5.41, 5.74) is 0. The van der Waals surface area contributed by atoms with Crippen LogP contribution in [0.3, 0.4) is 0 Å². The Balaban J connectivity index is 2.45. The molecular weight excluding hydrogens is 103 g/mol. The van der Waals surface area contributed by atoms with E-state index in [1.807, 2.05) is 0 Å². The first-order chi connectivity index (χ1) is 3.41. The zero-order valence-electron chi connectivity index (χ0n) is 4.98. The van der Waals surface area contributed by atoms with E-state index >= 15 is 0 Å². The summed E-state index contributed by atoms with van der Waals surface area (Å²) < 4.78 is 0. The molecule has 0 bridgehead atoms. The minimum atomic E-state index is 1.06. The molecule has 0 amide bonds. The Hall–Kier alpha value is 0.430.